The highest BCUT2D eigenvalue weighted by atomic mass is 35.5. The number of pyridine rings is 1. The molecule has 280 valence electrons. The van der Waals surface area contributed by atoms with Crippen LogP contribution in [0.15, 0.2) is 48.5 Å². The van der Waals surface area contributed by atoms with Crippen LogP contribution in [-0.4, -0.2) is 47.4 Å². The lowest BCUT2D eigenvalue weighted by molar-refractivity contribution is -0.142. The largest absolute Gasteiger partial charge is 0.481 e. The zero-order chi connectivity index (χ0) is 37.9. The van der Waals surface area contributed by atoms with Crippen LogP contribution in [-0.2, 0) is 41.6 Å². The topological polar surface area (TPSA) is 129 Å². The van der Waals surface area contributed by atoms with E-state index in [0.717, 1.165) is 46.3 Å². The number of rotatable bonds is 14. The fourth-order valence-electron chi connectivity index (χ4n) is 7.46. The molecule has 2 aromatic heterocycles. The lowest BCUT2D eigenvalue weighted by Crippen LogP contribution is -2.22. The molecule has 0 radical (unpaired) electrons. The second kappa shape index (κ2) is 16.2. The number of nitrogens with zero attached hydrogens (tertiary/aromatic N) is 3. The van der Waals surface area contributed by atoms with Gasteiger partial charge in [-0.25, -0.2) is 15.0 Å². The Labute approximate surface area is 311 Å². The van der Waals surface area contributed by atoms with Crippen molar-refractivity contribution in [3.63, 3.8) is 0 Å². The van der Waals surface area contributed by atoms with Crippen LogP contribution in [0.25, 0.3) is 22.4 Å². The molecule has 4 aromatic rings. The van der Waals surface area contributed by atoms with Gasteiger partial charge in [-0.1, -0.05) is 61.0 Å². The average Bonchev–Trinajstić information content (AvgIpc) is 3.75. The molecule has 0 unspecified atom stereocenters. The van der Waals surface area contributed by atoms with Gasteiger partial charge in [0.05, 0.1) is 30.6 Å². The van der Waals surface area contributed by atoms with Gasteiger partial charge in [0, 0.05) is 42.0 Å². The summed E-state index contributed by atoms with van der Waals surface area (Å²) in [6, 6.07) is 15.5. The molecule has 0 aliphatic heterocycles. The van der Waals surface area contributed by atoms with E-state index in [1.807, 2.05) is 48.5 Å². The van der Waals surface area contributed by atoms with Crippen molar-refractivity contribution in [3.05, 3.63) is 87.3 Å². The number of Topliss-reactive ketones (excluding diaryl/α,β-unsaturated/α-hetero) is 1. The zero-order valence-corrected chi connectivity index (χ0v) is 30.7. The van der Waals surface area contributed by atoms with Gasteiger partial charge in [-0.15, -0.1) is 0 Å². The number of carbonyl (C=O) groups excluding carboxylic acids is 2. The van der Waals surface area contributed by atoms with Gasteiger partial charge in [-0.05, 0) is 79.7 Å². The normalized spacial score (nSPS) is 17.5. The van der Waals surface area contributed by atoms with E-state index in [2.05, 4.69) is 15.3 Å². The molecule has 2 aliphatic rings. The van der Waals surface area contributed by atoms with Gasteiger partial charge in [-0.3, -0.25) is 9.59 Å². The van der Waals surface area contributed by atoms with Gasteiger partial charge in [0.15, 0.2) is 5.69 Å². The fraction of sp³-hybridized carbons (Fsp3) is 0.425. The number of primary amides is 1. The summed E-state index contributed by atoms with van der Waals surface area (Å²) < 4.78 is 54.2. The van der Waals surface area contributed by atoms with Gasteiger partial charge < -0.3 is 20.5 Å². The maximum Gasteiger partial charge on any atom is 0.435 e. The summed E-state index contributed by atoms with van der Waals surface area (Å²) in [6.07, 6.45) is -0.977. The molecule has 13 heteroatoms. The van der Waals surface area contributed by atoms with Gasteiger partial charge in [0.1, 0.15) is 11.5 Å². The quantitative estimate of drug-likeness (QED) is 0.134. The number of aromatic nitrogens is 3. The minimum Gasteiger partial charge on any atom is -0.481 e. The van der Waals surface area contributed by atoms with E-state index in [1.54, 1.807) is 14.0 Å². The van der Waals surface area contributed by atoms with Crippen LogP contribution in [0.5, 0.6) is 11.8 Å². The van der Waals surface area contributed by atoms with Crippen LogP contribution in [0, 0.1) is 11.8 Å². The van der Waals surface area contributed by atoms with E-state index in [4.69, 9.17) is 31.8 Å². The first-order chi connectivity index (χ1) is 25.4. The van der Waals surface area contributed by atoms with Crippen molar-refractivity contribution in [3.8, 4) is 34.1 Å². The first kappa shape index (κ1) is 38.2. The molecule has 0 saturated heterocycles. The van der Waals surface area contributed by atoms with Gasteiger partial charge in [0.2, 0.25) is 17.7 Å². The number of ketones is 1. The number of nitrogens with one attached hydrogen (secondary N) is 1. The number of hydrogen-bond acceptors (Lipinski definition) is 8. The molecule has 3 atom stereocenters. The molecule has 2 heterocycles. The van der Waals surface area contributed by atoms with E-state index < -0.39 is 23.7 Å². The third-order valence-corrected chi connectivity index (χ3v) is 10.8. The molecular formula is C40H43ClF3N5O4. The summed E-state index contributed by atoms with van der Waals surface area (Å²) in [4.78, 5) is 36.3. The van der Waals surface area contributed by atoms with Gasteiger partial charge in [-0.2, -0.15) is 13.2 Å². The van der Waals surface area contributed by atoms with E-state index in [9.17, 15) is 22.8 Å². The summed E-state index contributed by atoms with van der Waals surface area (Å²) in [7, 11) is 2.92. The first-order valence-electron chi connectivity index (χ1n) is 17.9. The molecule has 0 bridgehead atoms. The Morgan fingerprint density at radius 3 is 2.40 bits per heavy atom. The molecule has 9 nitrogen and oxygen atoms in total. The third kappa shape index (κ3) is 8.49. The molecule has 0 spiro atoms. The number of aryl methyl sites for hydroxylation is 1. The Morgan fingerprint density at radius 1 is 0.962 bits per heavy atom. The summed E-state index contributed by atoms with van der Waals surface area (Å²) >= 11 is 7.13. The van der Waals surface area contributed by atoms with Crippen molar-refractivity contribution in [2.24, 2.45) is 17.6 Å². The molecule has 6 rings (SSSR count). The van der Waals surface area contributed by atoms with Gasteiger partial charge in [0.25, 0.3) is 0 Å². The lowest BCUT2D eigenvalue weighted by atomic mass is 9.91. The lowest BCUT2D eigenvalue weighted by Gasteiger charge is -2.19. The van der Waals surface area contributed by atoms with Crippen molar-refractivity contribution >= 4 is 23.3 Å². The van der Waals surface area contributed by atoms with Crippen molar-refractivity contribution in [2.45, 2.75) is 76.9 Å². The van der Waals surface area contributed by atoms with Gasteiger partial charge >= 0.3 is 6.18 Å². The number of nitrogens with two attached hydrogens (primary N) is 1. The van der Waals surface area contributed by atoms with E-state index >= 15 is 0 Å². The summed E-state index contributed by atoms with van der Waals surface area (Å²) in [5, 5.41) is 3.94. The van der Waals surface area contributed by atoms with E-state index in [0.29, 0.717) is 60.5 Å². The summed E-state index contributed by atoms with van der Waals surface area (Å²) in [6.45, 7) is 2.92. The minimum atomic E-state index is -4.74. The molecule has 53 heavy (non-hydrogen) atoms. The number of carbonyl (C=O) groups is 2. The average molecular weight is 750 g/mol. The van der Waals surface area contributed by atoms with Crippen molar-refractivity contribution in [1.29, 1.82) is 0 Å². The number of amides is 1. The molecule has 3 N–H and O–H groups in total. The highest BCUT2D eigenvalue weighted by Gasteiger charge is 2.39. The second-order valence-electron chi connectivity index (χ2n) is 13.9. The maximum absolute atomic E-state index is 14.4. The number of ether oxygens (including phenoxy) is 2. The fourth-order valence-corrected chi connectivity index (χ4v) is 7.79. The summed E-state index contributed by atoms with van der Waals surface area (Å²) in [5.41, 5.74) is 10.1. The predicted molar refractivity (Wildman–Crippen MR) is 196 cm³/mol. The highest BCUT2D eigenvalue weighted by Crippen LogP contribution is 2.45. The van der Waals surface area contributed by atoms with Crippen LogP contribution in [0.4, 0.5) is 13.2 Å². The van der Waals surface area contributed by atoms with Crippen LogP contribution >= 0.6 is 11.6 Å². The number of fused-ring (bicyclic) bond motifs is 1. The molecule has 1 saturated carbocycles. The molecule has 1 amide bonds. The monoisotopic (exact) mass is 749 g/mol. The van der Waals surface area contributed by atoms with Crippen molar-refractivity contribution in [2.75, 3.05) is 20.8 Å². The van der Waals surface area contributed by atoms with Crippen molar-refractivity contribution in [1.82, 2.24) is 20.3 Å². The number of hydrogen-bond donors (Lipinski definition) is 2. The number of methoxy groups -OCH3 is 2. The smallest absolute Gasteiger partial charge is 0.435 e. The SMILES string of the molecule is COc1nc(-c2cccc(-c3cccc4c3CC[C@@H]4Cc3nc(OC)c(CC[C@@H](C)C(N)=O)nc3C(F)(F)F)c2Cl)ccc1CNC[C@@H]1CCC(=O)C1. The Morgan fingerprint density at radius 2 is 1.70 bits per heavy atom. The zero-order valence-electron chi connectivity index (χ0n) is 30.0. The van der Waals surface area contributed by atoms with Crippen LogP contribution in [0.1, 0.15) is 78.7 Å². The predicted octanol–water partition coefficient (Wildman–Crippen LogP) is 7.68. The van der Waals surface area contributed by atoms with E-state index in [-0.39, 0.29) is 42.4 Å². The Kier molecular flexibility index (Phi) is 11.7. The van der Waals surface area contributed by atoms with Crippen molar-refractivity contribution < 1.29 is 32.2 Å². The second-order valence-corrected chi connectivity index (χ2v) is 14.3. The number of alkyl halides is 3. The Hall–Kier alpha value is -4.55. The molecule has 1 fully saturated rings. The molecule has 2 aliphatic carbocycles. The first-order valence-corrected chi connectivity index (χ1v) is 18.2. The van der Waals surface area contributed by atoms with Crippen LogP contribution in [0.2, 0.25) is 5.02 Å². The third-order valence-electron chi connectivity index (χ3n) is 10.4. The highest BCUT2D eigenvalue weighted by molar-refractivity contribution is 6.36. The minimum absolute atomic E-state index is 0.0107. The summed E-state index contributed by atoms with van der Waals surface area (Å²) in [5.74, 6) is -0.153. The molecule has 2 aromatic carbocycles. The standard InChI is InChI=1S/C40H43ClF3N5O4/c1-22(37(45)51)10-16-33-39(53-3)49-34(36(47-33)40(42,43)44)19-24-12-15-29-27(24)6-4-7-28(29)30-8-5-9-31(35(30)41)32-17-13-25(38(48-32)52-2)21-46-20-23-11-14-26(50)18-23/h4-9,13,17,22-24,46H,10-12,14-16,18-21H2,1-3H3,(H2,45,51)/t22-,23-,24-/m1/s1. The number of benzene rings is 2. The molecular weight excluding hydrogens is 707 g/mol. The van der Waals surface area contributed by atoms with Crippen LogP contribution in [0.3, 0.4) is 0 Å². The Bertz CT molecular complexity index is 2010. The maximum atomic E-state index is 14.4. The Balaban J connectivity index is 1.25. The number of halogens is 4. The van der Waals surface area contributed by atoms with E-state index in [1.165, 1.54) is 7.11 Å². The van der Waals surface area contributed by atoms with Crippen LogP contribution < -0.4 is 20.5 Å².